The van der Waals surface area contributed by atoms with E-state index >= 15 is 0 Å². The van der Waals surface area contributed by atoms with Gasteiger partial charge in [-0.1, -0.05) is 12.8 Å². The summed E-state index contributed by atoms with van der Waals surface area (Å²) in [5.74, 6) is 1.52. The molecule has 0 unspecified atom stereocenters. The summed E-state index contributed by atoms with van der Waals surface area (Å²) in [7, 11) is 1.88. The summed E-state index contributed by atoms with van der Waals surface area (Å²) in [6.07, 6.45) is 11.2. The summed E-state index contributed by atoms with van der Waals surface area (Å²) in [6, 6.07) is 2.44. The normalized spacial score (nSPS) is 19.5. The lowest BCUT2D eigenvalue weighted by molar-refractivity contribution is 0.0646. The maximum Gasteiger partial charge on any atom is 0.229 e. The van der Waals surface area contributed by atoms with Gasteiger partial charge in [0.15, 0.2) is 0 Å². The minimum absolute atomic E-state index is 0.0343. The molecule has 4 heterocycles. The van der Waals surface area contributed by atoms with Crippen LogP contribution in [0.3, 0.4) is 0 Å². The molecule has 2 fully saturated rings. The standard InChI is InChI=1S/C20H28N8/c1-16-11-22-19(24-17-12-23-26(2)13-17)25-18(16)27-14-20(15-27,7-8-21)28-9-5-3-4-6-10-28/h11-13H,3-7,9-10,14-15H2,1-2H3,(H,22,24,25). The topological polar surface area (TPSA) is 85.9 Å². The van der Waals surface area contributed by atoms with Crippen molar-refractivity contribution in [3.05, 3.63) is 24.2 Å². The molecular weight excluding hydrogens is 352 g/mol. The molecule has 2 saturated heterocycles. The van der Waals surface area contributed by atoms with Gasteiger partial charge in [-0.05, 0) is 32.9 Å². The first kappa shape index (κ1) is 18.7. The number of hydrogen-bond acceptors (Lipinski definition) is 7. The van der Waals surface area contributed by atoms with Crippen LogP contribution in [0.1, 0.15) is 37.7 Å². The van der Waals surface area contributed by atoms with Gasteiger partial charge < -0.3 is 10.2 Å². The second-order valence-electron chi connectivity index (χ2n) is 8.04. The molecule has 28 heavy (non-hydrogen) atoms. The fraction of sp³-hybridized carbons (Fsp3) is 0.600. The Hall–Kier alpha value is -2.66. The first-order chi connectivity index (χ1) is 13.6. The molecule has 0 aromatic carbocycles. The highest BCUT2D eigenvalue weighted by atomic mass is 15.4. The molecule has 0 radical (unpaired) electrons. The van der Waals surface area contributed by atoms with Gasteiger partial charge in [0.1, 0.15) is 5.82 Å². The van der Waals surface area contributed by atoms with Crippen LogP contribution in [0.2, 0.25) is 0 Å². The number of hydrogen-bond donors (Lipinski definition) is 1. The monoisotopic (exact) mass is 380 g/mol. The molecule has 0 saturated carbocycles. The van der Waals surface area contributed by atoms with Gasteiger partial charge in [0.2, 0.25) is 5.95 Å². The van der Waals surface area contributed by atoms with Gasteiger partial charge in [-0.25, -0.2) is 4.98 Å². The first-order valence-corrected chi connectivity index (χ1v) is 10.1. The largest absolute Gasteiger partial charge is 0.352 e. The molecule has 0 spiro atoms. The average Bonchev–Trinajstić information content (AvgIpc) is 2.89. The summed E-state index contributed by atoms with van der Waals surface area (Å²) in [6.45, 7) is 5.95. The summed E-state index contributed by atoms with van der Waals surface area (Å²) in [5, 5.41) is 16.8. The van der Waals surface area contributed by atoms with Gasteiger partial charge in [-0.3, -0.25) is 9.58 Å². The molecule has 8 nitrogen and oxygen atoms in total. The highest BCUT2D eigenvalue weighted by Gasteiger charge is 2.48. The van der Waals surface area contributed by atoms with Crippen molar-refractivity contribution in [3.63, 3.8) is 0 Å². The zero-order valence-electron chi connectivity index (χ0n) is 16.7. The molecule has 8 heteroatoms. The molecular formula is C20H28N8. The number of anilines is 3. The van der Waals surface area contributed by atoms with Crippen LogP contribution < -0.4 is 10.2 Å². The van der Waals surface area contributed by atoms with Crippen molar-refractivity contribution >= 4 is 17.5 Å². The molecule has 2 aromatic heterocycles. The third kappa shape index (κ3) is 3.67. The Kier molecular flexibility index (Phi) is 5.18. The van der Waals surface area contributed by atoms with Crippen LogP contribution >= 0.6 is 0 Å². The minimum Gasteiger partial charge on any atom is -0.352 e. The lowest BCUT2D eigenvalue weighted by Gasteiger charge is -2.55. The van der Waals surface area contributed by atoms with Crippen molar-refractivity contribution in [1.29, 1.82) is 5.26 Å². The molecule has 1 N–H and O–H groups in total. The first-order valence-electron chi connectivity index (χ1n) is 10.1. The van der Waals surface area contributed by atoms with Gasteiger partial charge in [-0.2, -0.15) is 15.3 Å². The average molecular weight is 381 g/mol. The molecule has 4 rings (SSSR count). The summed E-state index contributed by atoms with van der Waals surface area (Å²) in [5.41, 5.74) is 1.88. The lowest BCUT2D eigenvalue weighted by Crippen LogP contribution is -2.70. The van der Waals surface area contributed by atoms with E-state index in [1.165, 1.54) is 25.7 Å². The summed E-state index contributed by atoms with van der Waals surface area (Å²) < 4.78 is 1.74. The van der Waals surface area contributed by atoms with Gasteiger partial charge in [0, 0.05) is 38.1 Å². The van der Waals surface area contributed by atoms with Gasteiger partial charge in [0.05, 0.1) is 29.9 Å². The van der Waals surface area contributed by atoms with E-state index in [0.717, 1.165) is 43.2 Å². The third-order valence-electron chi connectivity index (χ3n) is 5.86. The minimum atomic E-state index is -0.0343. The quantitative estimate of drug-likeness (QED) is 0.853. The highest BCUT2D eigenvalue weighted by Crippen LogP contribution is 2.37. The number of likely N-dealkylation sites (tertiary alicyclic amines) is 1. The molecule has 0 atom stereocenters. The maximum atomic E-state index is 9.45. The molecule has 0 aliphatic carbocycles. The maximum absolute atomic E-state index is 9.45. The number of rotatable bonds is 5. The zero-order chi connectivity index (χ0) is 19.6. The van der Waals surface area contributed by atoms with Gasteiger partial charge >= 0.3 is 0 Å². The predicted molar refractivity (Wildman–Crippen MR) is 108 cm³/mol. The third-order valence-corrected chi connectivity index (χ3v) is 5.86. The molecule has 2 aliphatic rings. The zero-order valence-corrected chi connectivity index (χ0v) is 16.7. The van der Waals surface area contributed by atoms with Crippen molar-refractivity contribution in [2.75, 3.05) is 36.4 Å². The number of aromatic nitrogens is 4. The van der Waals surface area contributed by atoms with Crippen LogP contribution in [0, 0.1) is 18.3 Å². The fourth-order valence-corrected chi connectivity index (χ4v) is 4.36. The summed E-state index contributed by atoms with van der Waals surface area (Å²) >= 11 is 0. The Morgan fingerprint density at radius 3 is 2.57 bits per heavy atom. The summed E-state index contributed by atoms with van der Waals surface area (Å²) in [4.78, 5) is 14.0. The van der Waals surface area contributed by atoms with Crippen molar-refractivity contribution in [1.82, 2.24) is 24.6 Å². The van der Waals surface area contributed by atoms with Crippen molar-refractivity contribution in [2.24, 2.45) is 7.05 Å². The van der Waals surface area contributed by atoms with Crippen LogP contribution in [-0.4, -0.2) is 56.4 Å². The van der Waals surface area contributed by atoms with Crippen molar-refractivity contribution < 1.29 is 0 Å². The molecule has 148 valence electrons. The SMILES string of the molecule is Cc1cnc(Nc2cnn(C)c2)nc1N1CC(CC#N)(N2CCCCCC2)C1. The van der Waals surface area contributed by atoms with Crippen molar-refractivity contribution in [2.45, 2.75) is 44.6 Å². The highest BCUT2D eigenvalue weighted by molar-refractivity contribution is 5.57. The van der Waals surface area contributed by atoms with Crippen LogP contribution in [0.5, 0.6) is 0 Å². The van der Waals surface area contributed by atoms with Crippen molar-refractivity contribution in [3.8, 4) is 6.07 Å². The Balaban J connectivity index is 1.50. The van der Waals surface area contributed by atoms with Crippen LogP contribution in [0.25, 0.3) is 0 Å². The lowest BCUT2D eigenvalue weighted by atomic mass is 9.84. The number of aryl methyl sites for hydroxylation is 2. The van der Waals surface area contributed by atoms with Gasteiger partial charge in [0.25, 0.3) is 0 Å². The van der Waals surface area contributed by atoms with E-state index in [4.69, 9.17) is 4.98 Å². The Morgan fingerprint density at radius 2 is 1.93 bits per heavy atom. The van der Waals surface area contributed by atoms with E-state index in [1.54, 1.807) is 10.9 Å². The van der Waals surface area contributed by atoms with E-state index in [9.17, 15) is 5.26 Å². The molecule has 2 aromatic rings. The second-order valence-corrected chi connectivity index (χ2v) is 8.04. The van der Waals surface area contributed by atoms with Gasteiger partial charge in [-0.15, -0.1) is 0 Å². The number of nitrogens with one attached hydrogen (secondary N) is 1. The Morgan fingerprint density at radius 1 is 1.18 bits per heavy atom. The van der Waals surface area contributed by atoms with Crippen LogP contribution in [-0.2, 0) is 7.05 Å². The second kappa shape index (κ2) is 7.76. The molecule has 2 aliphatic heterocycles. The van der Waals surface area contributed by atoms with Crippen LogP contribution in [0.15, 0.2) is 18.6 Å². The number of nitrogens with zero attached hydrogens (tertiary/aromatic N) is 7. The number of nitriles is 1. The smallest absolute Gasteiger partial charge is 0.229 e. The van der Waals surface area contributed by atoms with E-state index in [0.29, 0.717) is 12.4 Å². The predicted octanol–water partition coefficient (Wildman–Crippen LogP) is 2.61. The Bertz CT molecular complexity index is 853. The van der Waals surface area contributed by atoms with E-state index < -0.39 is 0 Å². The molecule has 0 amide bonds. The fourth-order valence-electron chi connectivity index (χ4n) is 4.36. The molecule has 0 bridgehead atoms. The van der Waals surface area contributed by atoms with E-state index in [1.807, 2.05) is 26.4 Å². The van der Waals surface area contributed by atoms with Crippen LogP contribution in [0.4, 0.5) is 17.5 Å². The van der Waals surface area contributed by atoms with E-state index in [-0.39, 0.29) is 5.54 Å². The Labute approximate surface area is 166 Å². The van der Waals surface area contributed by atoms with E-state index in [2.05, 4.69) is 31.3 Å².